The van der Waals surface area contributed by atoms with E-state index in [1.807, 2.05) is 12.4 Å². The van der Waals surface area contributed by atoms with Crippen molar-refractivity contribution >= 4 is 0 Å². The van der Waals surface area contributed by atoms with E-state index in [4.69, 9.17) is 14.2 Å². The van der Waals surface area contributed by atoms with Gasteiger partial charge in [0.1, 0.15) is 5.82 Å². The highest BCUT2D eigenvalue weighted by Gasteiger charge is 2.06. The Morgan fingerprint density at radius 1 is 1.11 bits per heavy atom. The van der Waals surface area contributed by atoms with E-state index >= 15 is 0 Å². The van der Waals surface area contributed by atoms with Crippen LogP contribution in [0.4, 0.5) is 0 Å². The van der Waals surface area contributed by atoms with Crippen molar-refractivity contribution in [1.29, 1.82) is 0 Å². The molecule has 0 bridgehead atoms. The lowest BCUT2D eigenvalue weighted by Gasteiger charge is -2.10. The number of nitrogens with zero attached hydrogens (tertiary/aromatic N) is 2. The van der Waals surface area contributed by atoms with Crippen LogP contribution in [0.5, 0.6) is 0 Å². The molecule has 0 aromatic carbocycles. The van der Waals surface area contributed by atoms with Crippen LogP contribution in [0.25, 0.3) is 0 Å². The normalized spacial score (nSPS) is 11.3. The number of aromatic nitrogens is 2. The average Bonchev–Trinajstić information content (AvgIpc) is 2.81. The summed E-state index contributed by atoms with van der Waals surface area (Å²) < 4.78 is 17.8. The lowest BCUT2D eigenvalue weighted by Crippen LogP contribution is -2.13. The van der Waals surface area contributed by atoms with E-state index in [-0.39, 0.29) is 0 Å². The molecule has 0 radical (unpaired) electrons. The molecule has 0 saturated carbocycles. The van der Waals surface area contributed by atoms with Crippen molar-refractivity contribution in [2.45, 2.75) is 26.3 Å². The summed E-state index contributed by atoms with van der Waals surface area (Å²) in [5, 5.41) is 0. The lowest BCUT2D eigenvalue weighted by atomic mass is 10.2. The zero-order valence-electron chi connectivity index (χ0n) is 11.6. The summed E-state index contributed by atoms with van der Waals surface area (Å²) in [6.07, 6.45) is 3.83. The monoisotopic (exact) mass is 256 g/mol. The van der Waals surface area contributed by atoms with Gasteiger partial charge in [-0.15, -0.1) is 0 Å². The van der Waals surface area contributed by atoms with Gasteiger partial charge in [-0.2, -0.15) is 0 Å². The summed E-state index contributed by atoms with van der Waals surface area (Å²) in [6, 6.07) is 0. The van der Waals surface area contributed by atoms with Crippen molar-refractivity contribution < 1.29 is 14.2 Å². The molecule has 0 atom stereocenters. The van der Waals surface area contributed by atoms with E-state index in [0.29, 0.717) is 39.0 Å². The highest BCUT2D eigenvalue weighted by molar-refractivity contribution is 4.97. The molecule has 0 aliphatic carbocycles. The second-order valence-electron chi connectivity index (χ2n) is 4.35. The van der Waals surface area contributed by atoms with Gasteiger partial charge in [0.25, 0.3) is 0 Å². The number of hydrogen-bond acceptors (Lipinski definition) is 4. The smallest absolute Gasteiger partial charge is 0.111 e. The van der Waals surface area contributed by atoms with Gasteiger partial charge in [-0.25, -0.2) is 4.98 Å². The number of imidazole rings is 1. The molecular formula is C13H24N2O3. The minimum Gasteiger partial charge on any atom is -0.382 e. The second kappa shape index (κ2) is 9.08. The third kappa shape index (κ3) is 5.62. The molecule has 1 rings (SSSR count). The molecule has 1 heterocycles. The highest BCUT2D eigenvalue weighted by Crippen LogP contribution is 2.11. The highest BCUT2D eigenvalue weighted by atomic mass is 16.5. The van der Waals surface area contributed by atoms with Crippen LogP contribution in [-0.2, 0) is 20.8 Å². The molecule has 0 aliphatic rings. The van der Waals surface area contributed by atoms with Crippen LogP contribution in [0.15, 0.2) is 12.4 Å². The van der Waals surface area contributed by atoms with Crippen LogP contribution >= 0.6 is 0 Å². The van der Waals surface area contributed by atoms with Gasteiger partial charge in [0.05, 0.1) is 33.0 Å². The summed E-state index contributed by atoms with van der Waals surface area (Å²) in [6.45, 7) is 8.30. The standard InChI is InChI=1S/C13H24N2O3/c1-12(2)13-14-4-5-15(13)6-7-17-10-11-18-9-8-16-3/h4-5,12H,6-11H2,1-3H3. The summed E-state index contributed by atoms with van der Waals surface area (Å²) >= 11 is 0. The Hall–Kier alpha value is -0.910. The van der Waals surface area contributed by atoms with E-state index in [2.05, 4.69) is 23.4 Å². The first-order valence-electron chi connectivity index (χ1n) is 6.41. The van der Waals surface area contributed by atoms with Gasteiger partial charge in [-0.1, -0.05) is 13.8 Å². The van der Waals surface area contributed by atoms with E-state index in [1.54, 1.807) is 7.11 Å². The number of ether oxygens (including phenoxy) is 3. The Balaban J connectivity index is 2.05. The molecule has 0 spiro atoms. The average molecular weight is 256 g/mol. The first kappa shape index (κ1) is 15.1. The maximum Gasteiger partial charge on any atom is 0.111 e. The molecule has 104 valence electrons. The molecule has 0 saturated heterocycles. The van der Waals surface area contributed by atoms with Gasteiger partial charge in [0.15, 0.2) is 0 Å². The van der Waals surface area contributed by atoms with Crippen molar-refractivity contribution in [2.24, 2.45) is 0 Å². The Morgan fingerprint density at radius 2 is 1.78 bits per heavy atom. The molecule has 5 nitrogen and oxygen atoms in total. The Bertz CT molecular complexity index is 313. The summed E-state index contributed by atoms with van der Waals surface area (Å²) in [5.41, 5.74) is 0. The van der Waals surface area contributed by atoms with Crippen LogP contribution in [0.2, 0.25) is 0 Å². The number of rotatable bonds is 10. The third-order valence-corrected chi connectivity index (χ3v) is 2.54. The predicted octanol–water partition coefficient (Wildman–Crippen LogP) is 1.69. The van der Waals surface area contributed by atoms with Crippen molar-refractivity contribution in [2.75, 3.05) is 40.1 Å². The van der Waals surface area contributed by atoms with Crippen LogP contribution < -0.4 is 0 Å². The number of hydrogen-bond donors (Lipinski definition) is 0. The minimum atomic E-state index is 0.442. The molecule has 18 heavy (non-hydrogen) atoms. The van der Waals surface area contributed by atoms with E-state index in [9.17, 15) is 0 Å². The van der Waals surface area contributed by atoms with Gasteiger partial charge in [-0.05, 0) is 0 Å². The molecule has 1 aromatic heterocycles. The molecule has 0 N–H and O–H groups in total. The van der Waals surface area contributed by atoms with Gasteiger partial charge < -0.3 is 18.8 Å². The molecule has 5 heteroatoms. The van der Waals surface area contributed by atoms with Gasteiger partial charge in [0, 0.05) is 32.0 Å². The van der Waals surface area contributed by atoms with Crippen molar-refractivity contribution in [3.63, 3.8) is 0 Å². The summed E-state index contributed by atoms with van der Waals surface area (Å²) in [4.78, 5) is 4.33. The molecule has 0 amide bonds. The van der Waals surface area contributed by atoms with E-state index in [1.165, 1.54) is 0 Å². The van der Waals surface area contributed by atoms with E-state index < -0.39 is 0 Å². The largest absolute Gasteiger partial charge is 0.382 e. The molecular weight excluding hydrogens is 232 g/mol. The fourth-order valence-corrected chi connectivity index (χ4v) is 1.64. The topological polar surface area (TPSA) is 45.5 Å². The zero-order chi connectivity index (χ0) is 13.2. The van der Waals surface area contributed by atoms with Gasteiger partial charge in [0.2, 0.25) is 0 Å². The fraction of sp³-hybridized carbons (Fsp3) is 0.769. The van der Waals surface area contributed by atoms with Gasteiger partial charge in [-0.3, -0.25) is 0 Å². The summed E-state index contributed by atoms with van der Waals surface area (Å²) in [7, 11) is 1.66. The van der Waals surface area contributed by atoms with Crippen molar-refractivity contribution in [3.8, 4) is 0 Å². The third-order valence-electron chi connectivity index (χ3n) is 2.54. The Kier molecular flexibility index (Phi) is 7.64. The van der Waals surface area contributed by atoms with Crippen LogP contribution in [0.3, 0.4) is 0 Å². The molecule has 1 aromatic rings. The maximum absolute atomic E-state index is 5.51. The Labute approximate surface area is 109 Å². The molecule has 0 fully saturated rings. The second-order valence-corrected chi connectivity index (χ2v) is 4.35. The lowest BCUT2D eigenvalue weighted by molar-refractivity contribution is 0.0229. The first-order valence-corrected chi connectivity index (χ1v) is 6.41. The van der Waals surface area contributed by atoms with Crippen LogP contribution in [0.1, 0.15) is 25.6 Å². The SMILES string of the molecule is COCCOCCOCCn1ccnc1C(C)C. The minimum absolute atomic E-state index is 0.442. The molecule has 0 unspecified atom stereocenters. The fourth-order valence-electron chi connectivity index (χ4n) is 1.64. The van der Waals surface area contributed by atoms with Crippen LogP contribution in [0, 0.1) is 0 Å². The van der Waals surface area contributed by atoms with Crippen molar-refractivity contribution in [1.82, 2.24) is 9.55 Å². The first-order chi connectivity index (χ1) is 8.75. The number of methoxy groups -OCH3 is 1. The maximum atomic E-state index is 5.51. The quantitative estimate of drug-likeness (QED) is 0.598. The Morgan fingerprint density at radius 3 is 2.44 bits per heavy atom. The van der Waals surface area contributed by atoms with Crippen LogP contribution in [-0.4, -0.2) is 49.7 Å². The summed E-state index contributed by atoms with van der Waals surface area (Å²) in [5.74, 6) is 1.55. The zero-order valence-corrected chi connectivity index (χ0v) is 11.6. The predicted molar refractivity (Wildman–Crippen MR) is 69.8 cm³/mol. The van der Waals surface area contributed by atoms with E-state index in [0.717, 1.165) is 12.4 Å². The molecule has 0 aliphatic heterocycles. The van der Waals surface area contributed by atoms with Gasteiger partial charge >= 0.3 is 0 Å². The van der Waals surface area contributed by atoms with Crippen molar-refractivity contribution in [3.05, 3.63) is 18.2 Å².